The van der Waals surface area contributed by atoms with Crippen molar-refractivity contribution in [1.29, 1.82) is 0 Å². The van der Waals surface area contributed by atoms with Crippen LogP contribution < -0.4 is 15.0 Å². The highest BCUT2D eigenvalue weighted by Crippen LogP contribution is 2.32. The van der Waals surface area contributed by atoms with Crippen LogP contribution in [0, 0.1) is 5.92 Å². The molecule has 1 saturated heterocycles. The third kappa shape index (κ3) is 3.27. The number of hydrogen-bond acceptors (Lipinski definition) is 3. The normalized spacial score (nSPS) is 21.9. The lowest BCUT2D eigenvalue weighted by molar-refractivity contribution is -0.127. The molecule has 2 heterocycles. The molecule has 2 aliphatic rings. The molecule has 2 aromatic rings. The van der Waals surface area contributed by atoms with Gasteiger partial charge in [-0.3, -0.25) is 9.59 Å². The molecule has 0 saturated carbocycles. The number of carbonyl (C=O) groups is 2. The molecular formula is C20H19ClN2O3. The topological polar surface area (TPSA) is 58.6 Å². The SMILES string of the molecule is O=C(NC1CCOc2ccccc21)C1CC(=O)N(c2ccc(Cl)cc2)C1. The van der Waals surface area contributed by atoms with E-state index < -0.39 is 0 Å². The molecule has 0 aromatic heterocycles. The van der Waals surface area contributed by atoms with E-state index in [1.807, 2.05) is 24.3 Å². The number of ether oxygens (including phenoxy) is 1. The Hall–Kier alpha value is -2.53. The Morgan fingerprint density at radius 3 is 2.73 bits per heavy atom. The number of nitrogens with zero attached hydrogens (tertiary/aromatic N) is 1. The summed E-state index contributed by atoms with van der Waals surface area (Å²) >= 11 is 5.91. The fraction of sp³-hybridized carbons (Fsp3) is 0.300. The van der Waals surface area contributed by atoms with Crippen LogP contribution in [-0.2, 0) is 9.59 Å². The van der Waals surface area contributed by atoms with E-state index >= 15 is 0 Å². The number of anilines is 1. The van der Waals surface area contributed by atoms with Crippen molar-refractivity contribution in [3.8, 4) is 5.75 Å². The quantitative estimate of drug-likeness (QED) is 0.901. The molecule has 2 aliphatic heterocycles. The Balaban J connectivity index is 1.45. The van der Waals surface area contributed by atoms with E-state index in [0.29, 0.717) is 18.2 Å². The first-order chi connectivity index (χ1) is 12.6. The number of amides is 2. The lowest BCUT2D eigenvalue weighted by Crippen LogP contribution is -2.37. The fourth-order valence-electron chi connectivity index (χ4n) is 3.54. The average Bonchev–Trinajstić information content (AvgIpc) is 3.05. The molecule has 2 atom stereocenters. The van der Waals surface area contributed by atoms with Gasteiger partial charge in [-0.15, -0.1) is 0 Å². The Morgan fingerprint density at radius 2 is 1.92 bits per heavy atom. The van der Waals surface area contributed by atoms with Gasteiger partial charge in [0.1, 0.15) is 5.75 Å². The van der Waals surface area contributed by atoms with Gasteiger partial charge in [-0.05, 0) is 30.3 Å². The standard InChI is InChI=1S/C20H19ClN2O3/c21-14-5-7-15(8-6-14)23-12-13(11-19(23)24)20(25)22-17-9-10-26-18-4-2-1-3-16(17)18/h1-8,13,17H,9-12H2,(H,22,25). The van der Waals surface area contributed by atoms with Gasteiger partial charge in [0.05, 0.1) is 18.6 Å². The van der Waals surface area contributed by atoms with Gasteiger partial charge in [0, 0.05) is 35.7 Å². The van der Waals surface area contributed by atoms with E-state index in [1.165, 1.54) is 0 Å². The van der Waals surface area contributed by atoms with E-state index in [0.717, 1.165) is 23.4 Å². The Bertz CT molecular complexity index is 837. The van der Waals surface area contributed by atoms with Gasteiger partial charge in [0.2, 0.25) is 11.8 Å². The van der Waals surface area contributed by atoms with Crippen LogP contribution in [0.2, 0.25) is 5.02 Å². The number of carbonyl (C=O) groups excluding carboxylic acids is 2. The van der Waals surface area contributed by atoms with Crippen molar-refractivity contribution in [2.75, 3.05) is 18.1 Å². The van der Waals surface area contributed by atoms with Crippen molar-refractivity contribution in [2.45, 2.75) is 18.9 Å². The van der Waals surface area contributed by atoms with Gasteiger partial charge in [-0.2, -0.15) is 0 Å². The second-order valence-electron chi connectivity index (χ2n) is 6.62. The second-order valence-corrected chi connectivity index (χ2v) is 7.05. The molecule has 26 heavy (non-hydrogen) atoms. The predicted molar refractivity (Wildman–Crippen MR) is 99.3 cm³/mol. The minimum Gasteiger partial charge on any atom is -0.493 e. The predicted octanol–water partition coefficient (Wildman–Crippen LogP) is 3.33. The molecule has 2 unspecified atom stereocenters. The van der Waals surface area contributed by atoms with Crippen LogP contribution in [-0.4, -0.2) is 25.0 Å². The lowest BCUT2D eigenvalue weighted by atomic mass is 9.99. The zero-order valence-corrected chi connectivity index (χ0v) is 14.9. The maximum absolute atomic E-state index is 12.7. The van der Waals surface area contributed by atoms with E-state index in [2.05, 4.69) is 5.32 Å². The van der Waals surface area contributed by atoms with E-state index in [4.69, 9.17) is 16.3 Å². The van der Waals surface area contributed by atoms with Crippen LogP contribution in [0.4, 0.5) is 5.69 Å². The van der Waals surface area contributed by atoms with Gasteiger partial charge >= 0.3 is 0 Å². The van der Waals surface area contributed by atoms with Gasteiger partial charge in [-0.25, -0.2) is 0 Å². The molecule has 5 nitrogen and oxygen atoms in total. The number of benzene rings is 2. The zero-order chi connectivity index (χ0) is 18.1. The van der Waals surface area contributed by atoms with E-state index in [-0.39, 0.29) is 30.2 Å². The van der Waals surface area contributed by atoms with Crippen LogP contribution in [0.15, 0.2) is 48.5 Å². The van der Waals surface area contributed by atoms with Crippen LogP contribution in [0.25, 0.3) is 0 Å². The van der Waals surface area contributed by atoms with Crippen LogP contribution in [0.1, 0.15) is 24.4 Å². The van der Waals surface area contributed by atoms with Crippen LogP contribution in [0.3, 0.4) is 0 Å². The molecule has 0 bridgehead atoms. The van der Waals surface area contributed by atoms with Gasteiger partial charge in [-0.1, -0.05) is 29.8 Å². The maximum atomic E-state index is 12.7. The third-order valence-corrected chi connectivity index (χ3v) is 5.16. The van der Waals surface area contributed by atoms with Crippen molar-refractivity contribution < 1.29 is 14.3 Å². The molecule has 1 fully saturated rings. The van der Waals surface area contributed by atoms with Gasteiger partial charge < -0.3 is 15.0 Å². The van der Waals surface area contributed by atoms with Gasteiger partial charge in [0.15, 0.2) is 0 Å². The molecule has 6 heteroatoms. The van der Waals surface area contributed by atoms with Crippen LogP contribution >= 0.6 is 11.6 Å². The van der Waals surface area contributed by atoms with Crippen LogP contribution in [0.5, 0.6) is 5.75 Å². The first-order valence-corrected chi connectivity index (χ1v) is 9.07. The summed E-state index contributed by atoms with van der Waals surface area (Å²) in [6, 6.07) is 14.8. The summed E-state index contributed by atoms with van der Waals surface area (Å²) in [4.78, 5) is 26.8. The fourth-order valence-corrected chi connectivity index (χ4v) is 3.66. The minimum absolute atomic E-state index is 0.0418. The van der Waals surface area contributed by atoms with Crippen molar-refractivity contribution >= 4 is 29.1 Å². The molecule has 2 aromatic carbocycles. The molecule has 134 valence electrons. The number of hydrogen-bond donors (Lipinski definition) is 1. The molecular weight excluding hydrogens is 352 g/mol. The Labute approximate surface area is 156 Å². The summed E-state index contributed by atoms with van der Waals surface area (Å²) in [5.74, 6) is 0.332. The van der Waals surface area contributed by atoms with Gasteiger partial charge in [0.25, 0.3) is 0 Å². The smallest absolute Gasteiger partial charge is 0.227 e. The molecule has 2 amide bonds. The largest absolute Gasteiger partial charge is 0.493 e. The third-order valence-electron chi connectivity index (χ3n) is 4.91. The Kier molecular flexibility index (Phi) is 4.55. The summed E-state index contributed by atoms with van der Waals surface area (Å²) in [5, 5.41) is 3.72. The minimum atomic E-state index is -0.354. The number of nitrogens with one attached hydrogen (secondary N) is 1. The van der Waals surface area contributed by atoms with E-state index in [9.17, 15) is 9.59 Å². The second kappa shape index (κ2) is 7.00. The van der Waals surface area contributed by atoms with Crippen molar-refractivity contribution in [3.05, 3.63) is 59.1 Å². The highest BCUT2D eigenvalue weighted by Gasteiger charge is 2.36. The molecule has 0 aliphatic carbocycles. The van der Waals surface area contributed by atoms with Crippen molar-refractivity contribution in [2.24, 2.45) is 5.92 Å². The highest BCUT2D eigenvalue weighted by atomic mass is 35.5. The summed E-state index contributed by atoms with van der Waals surface area (Å²) < 4.78 is 5.64. The van der Waals surface area contributed by atoms with Crippen molar-refractivity contribution in [3.63, 3.8) is 0 Å². The maximum Gasteiger partial charge on any atom is 0.227 e. The van der Waals surface area contributed by atoms with Crippen molar-refractivity contribution in [1.82, 2.24) is 5.32 Å². The average molecular weight is 371 g/mol. The number of para-hydroxylation sites is 1. The zero-order valence-electron chi connectivity index (χ0n) is 14.2. The molecule has 1 N–H and O–H groups in total. The summed E-state index contributed by atoms with van der Waals surface area (Å²) in [7, 11) is 0. The summed E-state index contributed by atoms with van der Waals surface area (Å²) in [6.07, 6.45) is 0.948. The Morgan fingerprint density at radius 1 is 1.15 bits per heavy atom. The molecule has 4 rings (SSSR count). The first kappa shape index (κ1) is 16.9. The number of rotatable bonds is 3. The lowest BCUT2D eigenvalue weighted by Gasteiger charge is -2.27. The molecule has 0 radical (unpaired) electrons. The molecule has 0 spiro atoms. The number of halogens is 1. The monoisotopic (exact) mass is 370 g/mol. The first-order valence-electron chi connectivity index (χ1n) is 8.70. The summed E-state index contributed by atoms with van der Waals surface area (Å²) in [5.41, 5.74) is 1.76. The summed E-state index contributed by atoms with van der Waals surface area (Å²) in [6.45, 7) is 0.958. The van der Waals surface area contributed by atoms with E-state index in [1.54, 1.807) is 29.2 Å². The highest BCUT2D eigenvalue weighted by molar-refractivity contribution is 6.30. The number of fused-ring (bicyclic) bond motifs is 1.